The fourth-order valence-corrected chi connectivity index (χ4v) is 2.70. The summed E-state index contributed by atoms with van der Waals surface area (Å²) >= 11 is 6.09. The van der Waals surface area contributed by atoms with E-state index >= 15 is 0 Å². The van der Waals surface area contributed by atoms with Crippen molar-refractivity contribution in [2.75, 3.05) is 0 Å². The second-order valence-electron chi connectivity index (χ2n) is 4.90. The summed E-state index contributed by atoms with van der Waals surface area (Å²) in [5.74, 6) is -0.245. The molecule has 0 bridgehead atoms. The quantitative estimate of drug-likeness (QED) is 0.778. The minimum Gasteiger partial charge on any atom is -0.478 e. The molecule has 3 aromatic rings. The second-order valence-corrected chi connectivity index (χ2v) is 5.34. The van der Waals surface area contributed by atoms with Crippen molar-refractivity contribution in [3.05, 3.63) is 58.4 Å². The Balaban J connectivity index is 2.44. The van der Waals surface area contributed by atoms with Crippen LogP contribution in [0.4, 0.5) is 0 Å². The van der Waals surface area contributed by atoms with Gasteiger partial charge in [0.15, 0.2) is 0 Å². The summed E-state index contributed by atoms with van der Waals surface area (Å²) in [6.45, 7) is 3.81. The Hall–Kier alpha value is -2.33. The van der Waals surface area contributed by atoms with E-state index in [1.165, 1.54) is 0 Å². The molecule has 1 aromatic heterocycles. The van der Waals surface area contributed by atoms with Gasteiger partial charge in [-0.1, -0.05) is 23.7 Å². The number of hydrogen-bond acceptors (Lipinski definition) is 2. The minimum absolute atomic E-state index is 0.229. The SMILES string of the molecule is Cc1ccc(Cl)cc1-n1c(C)nc2cccc(C(=O)O)c21. The number of aromatic nitrogens is 2. The predicted molar refractivity (Wildman–Crippen MR) is 82.5 cm³/mol. The number of halogens is 1. The van der Waals surface area contributed by atoms with E-state index in [1.54, 1.807) is 12.1 Å². The smallest absolute Gasteiger partial charge is 0.337 e. The Morgan fingerprint density at radius 2 is 2.00 bits per heavy atom. The molecule has 0 fully saturated rings. The summed E-state index contributed by atoms with van der Waals surface area (Å²) in [7, 11) is 0. The van der Waals surface area contributed by atoms with Crippen molar-refractivity contribution in [2.24, 2.45) is 0 Å². The summed E-state index contributed by atoms with van der Waals surface area (Å²) < 4.78 is 1.85. The van der Waals surface area contributed by atoms with Crippen LogP contribution in [0, 0.1) is 13.8 Å². The van der Waals surface area contributed by atoms with E-state index in [1.807, 2.05) is 42.7 Å². The molecule has 0 aliphatic rings. The van der Waals surface area contributed by atoms with E-state index in [2.05, 4.69) is 4.98 Å². The van der Waals surface area contributed by atoms with Gasteiger partial charge in [-0.15, -0.1) is 0 Å². The van der Waals surface area contributed by atoms with Crippen LogP contribution < -0.4 is 0 Å². The van der Waals surface area contributed by atoms with Crippen LogP contribution in [0.3, 0.4) is 0 Å². The Morgan fingerprint density at radius 1 is 1.24 bits per heavy atom. The van der Waals surface area contributed by atoms with Gasteiger partial charge in [0, 0.05) is 5.02 Å². The number of para-hydroxylation sites is 1. The molecule has 0 aliphatic carbocycles. The molecule has 0 atom stereocenters. The highest BCUT2D eigenvalue weighted by molar-refractivity contribution is 6.30. The molecule has 106 valence electrons. The Labute approximate surface area is 126 Å². The first-order valence-corrected chi connectivity index (χ1v) is 6.84. The van der Waals surface area contributed by atoms with Crippen molar-refractivity contribution in [3.8, 4) is 5.69 Å². The van der Waals surface area contributed by atoms with Gasteiger partial charge < -0.3 is 5.11 Å². The number of aryl methyl sites for hydroxylation is 2. The first-order chi connectivity index (χ1) is 9.99. The maximum Gasteiger partial charge on any atom is 0.337 e. The lowest BCUT2D eigenvalue weighted by Crippen LogP contribution is -2.04. The highest BCUT2D eigenvalue weighted by Gasteiger charge is 2.18. The third-order valence-electron chi connectivity index (χ3n) is 3.49. The van der Waals surface area contributed by atoms with Crippen LogP contribution in [0.2, 0.25) is 5.02 Å². The van der Waals surface area contributed by atoms with E-state index in [4.69, 9.17) is 11.6 Å². The molecule has 2 aromatic carbocycles. The molecule has 5 heteroatoms. The highest BCUT2D eigenvalue weighted by Crippen LogP contribution is 2.28. The third kappa shape index (κ3) is 2.17. The fourth-order valence-electron chi connectivity index (χ4n) is 2.53. The standard InChI is InChI=1S/C16H13ClN2O2/c1-9-6-7-11(17)8-14(9)19-10(2)18-13-5-3-4-12(15(13)19)16(20)21/h3-8H,1-2H3,(H,20,21). The van der Waals surface area contributed by atoms with Crippen LogP contribution in [0.15, 0.2) is 36.4 Å². The number of aromatic carboxylic acids is 1. The third-order valence-corrected chi connectivity index (χ3v) is 3.72. The van der Waals surface area contributed by atoms with Crippen LogP contribution in [0.25, 0.3) is 16.7 Å². The molecule has 0 unspecified atom stereocenters. The van der Waals surface area contributed by atoms with Crippen molar-refractivity contribution in [1.82, 2.24) is 9.55 Å². The van der Waals surface area contributed by atoms with E-state index in [0.29, 0.717) is 16.1 Å². The molecule has 0 saturated carbocycles. The zero-order valence-corrected chi connectivity index (χ0v) is 12.3. The molecule has 0 amide bonds. The maximum absolute atomic E-state index is 11.5. The van der Waals surface area contributed by atoms with Crippen LogP contribution in [-0.2, 0) is 0 Å². The van der Waals surface area contributed by atoms with E-state index in [0.717, 1.165) is 17.1 Å². The molecule has 1 heterocycles. The number of benzene rings is 2. The van der Waals surface area contributed by atoms with Crippen LogP contribution in [-0.4, -0.2) is 20.6 Å². The van der Waals surface area contributed by atoms with Gasteiger partial charge in [0.1, 0.15) is 5.82 Å². The Kier molecular flexibility index (Phi) is 3.18. The lowest BCUT2D eigenvalue weighted by atomic mass is 10.1. The lowest BCUT2D eigenvalue weighted by Gasteiger charge is -2.12. The average molecular weight is 301 g/mol. The molecule has 0 radical (unpaired) electrons. The first kappa shape index (κ1) is 13.6. The van der Waals surface area contributed by atoms with Crippen LogP contribution in [0.1, 0.15) is 21.7 Å². The number of carboxylic acid groups (broad SMARTS) is 1. The summed E-state index contributed by atoms with van der Waals surface area (Å²) in [4.78, 5) is 16.0. The van der Waals surface area contributed by atoms with Gasteiger partial charge in [0.2, 0.25) is 0 Å². The van der Waals surface area contributed by atoms with Gasteiger partial charge in [-0.25, -0.2) is 9.78 Å². The molecule has 0 saturated heterocycles. The van der Waals surface area contributed by atoms with Crippen molar-refractivity contribution < 1.29 is 9.90 Å². The largest absolute Gasteiger partial charge is 0.478 e. The zero-order valence-electron chi connectivity index (χ0n) is 11.6. The predicted octanol–water partition coefficient (Wildman–Crippen LogP) is 3.99. The van der Waals surface area contributed by atoms with Gasteiger partial charge in [-0.05, 0) is 43.7 Å². The minimum atomic E-state index is -0.971. The highest BCUT2D eigenvalue weighted by atomic mass is 35.5. The Bertz CT molecular complexity index is 868. The normalized spacial score (nSPS) is 11.0. The number of hydrogen-bond donors (Lipinski definition) is 1. The number of imidazole rings is 1. The average Bonchev–Trinajstić information content (AvgIpc) is 2.77. The van der Waals surface area contributed by atoms with Crippen molar-refractivity contribution in [3.63, 3.8) is 0 Å². The summed E-state index contributed by atoms with van der Waals surface area (Å²) in [6, 6.07) is 10.6. The molecule has 21 heavy (non-hydrogen) atoms. The molecule has 4 nitrogen and oxygen atoms in total. The summed E-state index contributed by atoms with van der Waals surface area (Å²) in [5, 5.41) is 10.0. The molecule has 1 N–H and O–H groups in total. The van der Waals surface area contributed by atoms with Gasteiger partial charge in [-0.2, -0.15) is 0 Å². The zero-order chi connectivity index (χ0) is 15.1. The first-order valence-electron chi connectivity index (χ1n) is 6.47. The van der Waals surface area contributed by atoms with Gasteiger partial charge in [0.25, 0.3) is 0 Å². The fraction of sp³-hybridized carbons (Fsp3) is 0.125. The van der Waals surface area contributed by atoms with E-state index in [-0.39, 0.29) is 5.56 Å². The second kappa shape index (κ2) is 4.90. The van der Waals surface area contributed by atoms with Gasteiger partial charge in [0.05, 0.1) is 22.3 Å². The number of carbonyl (C=O) groups is 1. The van der Waals surface area contributed by atoms with Crippen molar-refractivity contribution in [2.45, 2.75) is 13.8 Å². The Morgan fingerprint density at radius 3 is 2.71 bits per heavy atom. The molecular formula is C16H13ClN2O2. The van der Waals surface area contributed by atoms with Gasteiger partial charge in [-0.3, -0.25) is 4.57 Å². The topological polar surface area (TPSA) is 55.1 Å². The van der Waals surface area contributed by atoms with Gasteiger partial charge >= 0.3 is 5.97 Å². The lowest BCUT2D eigenvalue weighted by molar-refractivity contribution is 0.0698. The van der Waals surface area contributed by atoms with E-state index < -0.39 is 5.97 Å². The number of nitrogens with zero attached hydrogens (tertiary/aromatic N) is 2. The maximum atomic E-state index is 11.5. The molecule has 0 aliphatic heterocycles. The van der Waals surface area contributed by atoms with Crippen LogP contribution in [0.5, 0.6) is 0 Å². The van der Waals surface area contributed by atoms with E-state index in [9.17, 15) is 9.90 Å². The van der Waals surface area contributed by atoms with Crippen LogP contribution >= 0.6 is 11.6 Å². The monoisotopic (exact) mass is 300 g/mol. The van der Waals surface area contributed by atoms with Crippen molar-refractivity contribution >= 4 is 28.6 Å². The number of fused-ring (bicyclic) bond motifs is 1. The summed E-state index contributed by atoms with van der Waals surface area (Å²) in [6.07, 6.45) is 0. The number of rotatable bonds is 2. The van der Waals surface area contributed by atoms with Crippen molar-refractivity contribution in [1.29, 1.82) is 0 Å². The molecule has 0 spiro atoms. The molecular weight excluding hydrogens is 288 g/mol. The summed E-state index contributed by atoms with van der Waals surface area (Å²) in [5.41, 5.74) is 3.32. The molecule has 3 rings (SSSR count). The number of carboxylic acids is 1.